The summed E-state index contributed by atoms with van der Waals surface area (Å²) in [4.78, 5) is 23.1. The molecule has 2 N–H and O–H groups in total. The molecule has 0 aliphatic heterocycles. The maximum atomic E-state index is 12.5. The van der Waals surface area contributed by atoms with Crippen LogP contribution < -0.4 is 19.7 Å². The molecule has 0 saturated heterocycles. The molecule has 3 aromatic carbocycles. The first kappa shape index (κ1) is 23.5. The lowest BCUT2D eigenvalue weighted by molar-refractivity contribution is -0.114. The summed E-state index contributed by atoms with van der Waals surface area (Å²) < 4.78 is 35.1. The Morgan fingerprint density at radius 1 is 0.879 bits per heavy atom. The lowest BCUT2D eigenvalue weighted by Crippen LogP contribution is -2.17. The molecule has 0 saturated carbocycles. The van der Waals surface area contributed by atoms with Gasteiger partial charge in [0.25, 0.3) is 5.91 Å². The van der Waals surface area contributed by atoms with Gasteiger partial charge >= 0.3 is 10.1 Å². The van der Waals surface area contributed by atoms with Gasteiger partial charge in [-0.25, -0.2) is 5.43 Å². The van der Waals surface area contributed by atoms with Crippen LogP contribution in [-0.4, -0.2) is 33.6 Å². The van der Waals surface area contributed by atoms with E-state index in [1.165, 1.54) is 56.6 Å². The van der Waals surface area contributed by atoms with Gasteiger partial charge in [0.2, 0.25) is 5.91 Å². The van der Waals surface area contributed by atoms with Crippen molar-refractivity contribution in [2.24, 2.45) is 5.10 Å². The molecule has 0 spiro atoms. The normalized spacial score (nSPS) is 11.1. The monoisotopic (exact) mass is 467 g/mol. The number of methoxy groups -OCH3 is 1. The summed E-state index contributed by atoms with van der Waals surface area (Å²) in [5, 5.41) is 6.45. The number of anilines is 1. The Morgan fingerprint density at radius 3 is 2.06 bits per heavy atom. The molecule has 0 aliphatic rings. The van der Waals surface area contributed by atoms with Crippen molar-refractivity contribution >= 4 is 33.8 Å². The lowest BCUT2D eigenvalue weighted by Gasteiger charge is -2.08. The van der Waals surface area contributed by atoms with Crippen molar-refractivity contribution in [2.75, 3.05) is 12.4 Å². The molecule has 0 fully saturated rings. The molecule has 0 bridgehead atoms. The number of amides is 2. The average molecular weight is 468 g/mol. The van der Waals surface area contributed by atoms with Crippen LogP contribution in [0, 0.1) is 0 Å². The molecular weight excluding hydrogens is 446 g/mol. The Kier molecular flexibility index (Phi) is 7.42. The van der Waals surface area contributed by atoms with E-state index >= 15 is 0 Å². The molecule has 3 aromatic rings. The fourth-order valence-corrected chi connectivity index (χ4v) is 3.59. The van der Waals surface area contributed by atoms with E-state index in [0.29, 0.717) is 22.6 Å². The van der Waals surface area contributed by atoms with Crippen molar-refractivity contribution < 1.29 is 26.9 Å². The SMILES string of the molecule is COc1ccc(C(=O)N/N=C/c2ccc(OS(=O)(=O)c3ccc(NC(C)=O)cc3)cc2)cc1. The quantitative estimate of drug-likeness (QED) is 0.298. The first-order valence-electron chi connectivity index (χ1n) is 9.66. The minimum Gasteiger partial charge on any atom is -0.497 e. The summed E-state index contributed by atoms with van der Waals surface area (Å²) in [6.07, 6.45) is 1.42. The summed E-state index contributed by atoms with van der Waals surface area (Å²) in [5.74, 6) is 0.108. The van der Waals surface area contributed by atoms with Crippen molar-refractivity contribution in [1.82, 2.24) is 5.43 Å². The number of benzene rings is 3. The first-order valence-corrected chi connectivity index (χ1v) is 11.1. The summed E-state index contributed by atoms with van der Waals surface area (Å²) >= 11 is 0. The van der Waals surface area contributed by atoms with Crippen LogP contribution in [-0.2, 0) is 14.9 Å². The number of rotatable bonds is 8. The average Bonchev–Trinajstić information content (AvgIpc) is 2.80. The zero-order valence-corrected chi connectivity index (χ0v) is 18.6. The second-order valence-corrected chi connectivity index (χ2v) is 8.29. The van der Waals surface area contributed by atoms with Crippen LogP contribution >= 0.6 is 0 Å². The topological polar surface area (TPSA) is 123 Å². The summed E-state index contributed by atoms with van der Waals surface area (Å²) in [5.41, 5.74) is 3.93. The van der Waals surface area contributed by atoms with Crippen LogP contribution in [0.15, 0.2) is 82.8 Å². The molecule has 3 rings (SSSR count). The van der Waals surface area contributed by atoms with Crippen molar-refractivity contribution in [3.63, 3.8) is 0 Å². The summed E-state index contributed by atoms with van der Waals surface area (Å²) in [6, 6.07) is 18.3. The molecule has 33 heavy (non-hydrogen) atoms. The van der Waals surface area contributed by atoms with Crippen LogP contribution in [0.1, 0.15) is 22.8 Å². The van der Waals surface area contributed by atoms with E-state index in [-0.39, 0.29) is 22.5 Å². The largest absolute Gasteiger partial charge is 0.497 e. The second kappa shape index (κ2) is 10.4. The highest BCUT2D eigenvalue weighted by Gasteiger charge is 2.16. The van der Waals surface area contributed by atoms with Crippen molar-refractivity contribution in [2.45, 2.75) is 11.8 Å². The lowest BCUT2D eigenvalue weighted by atomic mass is 10.2. The number of nitrogens with zero attached hydrogens (tertiary/aromatic N) is 1. The number of carbonyl (C=O) groups is 2. The molecule has 10 heteroatoms. The molecule has 2 amide bonds. The van der Waals surface area contributed by atoms with Gasteiger partial charge in [-0.2, -0.15) is 13.5 Å². The highest BCUT2D eigenvalue weighted by atomic mass is 32.2. The van der Waals surface area contributed by atoms with Crippen LogP contribution in [0.4, 0.5) is 5.69 Å². The molecule has 0 aromatic heterocycles. The third-order valence-corrected chi connectivity index (χ3v) is 5.54. The van der Waals surface area contributed by atoms with Gasteiger partial charge in [0, 0.05) is 18.2 Å². The third-order valence-electron chi connectivity index (χ3n) is 4.28. The molecule has 0 radical (unpaired) electrons. The standard InChI is InChI=1S/C23H21N3O6S/c1-16(27)25-19-7-13-22(14-8-19)33(29,30)32-21-9-3-17(4-10-21)15-24-26-23(28)18-5-11-20(31-2)12-6-18/h3-15H,1-2H3,(H,25,27)(H,26,28)/b24-15+. The molecule has 0 atom stereocenters. The van der Waals surface area contributed by atoms with E-state index in [1.807, 2.05) is 0 Å². The fraction of sp³-hybridized carbons (Fsp3) is 0.0870. The Balaban J connectivity index is 1.58. The third kappa shape index (κ3) is 6.65. The maximum absolute atomic E-state index is 12.5. The highest BCUT2D eigenvalue weighted by molar-refractivity contribution is 7.87. The van der Waals surface area contributed by atoms with Gasteiger partial charge in [0.05, 0.1) is 13.3 Å². The Morgan fingerprint density at radius 2 is 1.48 bits per heavy atom. The minimum absolute atomic E-state index is 0.0523. The number of hydrazone groups is 1. The van der Waals surface area contributed by atoms with E-state index in [9.17, 15) is 18.0 Å². The second-order valence-electron chi connectivity index (χ2n) is 6.74. The Labute approximate surface area is 191 Å². The van der Waals surface area contributed by atoms with Gasteiger partial charge in [-0.05, 0) is 78.4 Å². The van der Waals surface area contributed by atoms with Crippen molar-refractivity contribution in [3.05, 3.63) is 83.9 Å². The number of hydrogen-bond acceptors (Lipinski definition) is 7. The molecular formula is C23H21N3O6S. The predicted molar refractivity (Wildman–Crippen MR) is 123 cm³/mol. The predicted octanol–water partition coefficient (Wildman–Crippen LogP) is 3.19. The Hall–Kier alpha value is -4.18. The van der Waals surface area contributed by atoms with Crippen LogP contribution in [0.2, 0.25) is 0 Å². The molecule has 0 aliphatic carbocycles. The van der Waals surface area contributed by atoms with Crippen LogP contribution in [0.5, 0.6) is 11.5 Å². The van der Waals surface area contributed by atoms with Crippen LogP contribution in [0.25, 0.3) is 0 Å². The van der Waals surface area contributed by atoms with Gasteiger partial charge in [0.1, 0.15) is 16.4 Å². The number of ether oxygens (including phenoxy) is 1. The smallest absolute Gasteiger partial charge is 0.339 e. The molecule has 0 unspecified atom stereocenters. The Bertz CT molecular complexity index is 1250. The highest BCUT2D eigenvalue weighted by Crippen LogP contribution is 2.20. The van der Waals surface area contributed by atoms with Gasteiger partial charge in [0.15, 0.2) is 0 Å². The van der Waals surface area contributed by atoms with E-state index in [4.69, 9.17) is 8.92 Å². The van der Waals surface area contributed by atoms with E-state index in [2.05, 4.69) is 15.8 Å². The van der Waals surface area contributed by atoms with Crippen LogP contribution in [0.3, 0.4) is 0 Å². The molecule has 9 nitrogen and oxygen atoms in total. The zero-order valence-electron chi connectivity index (χ0n) is 17.8. The van der Waals surface area contributed by atoms with E-state index in [0.717, 1.165) is 0 Å². The summed E-state index contributed by atoms with van der Waals surface area (Å²) in [7, 11) is -2.51. The zero-order chi connectivity index (χ0) is 23.8. The fourth-order valence-electron chi connectivity index (χ4n) is 2.66. The van der Waals surface area contributed by atoms with Gasteiger partial charge in [-0.3, -0.25) is 9.59 Å². The number of carbonyl (C=O) groups excluding carboxylic acids is 2. The van der Waals surface area contributed by atoms with Gasteiger partial charge in [-0.1, -0.05) is 0 Å². The molecule has 0 heterocycles. The molecule has 170 valence electrons. The number of hydrogen-bond donors (Lipinski definition) is 2. The van der Waals surface area contributed by atoms with Crippen molar-refractivity contribution in [3.8, 4) is 11.5 Å². The van der Waals surface area contributed by atoms with Gasteiger partial charge in [-0.15, -0.1) is 0 Å². The maximum Gasteiger partial charge on any atom is 0.339 e. The number of nitrogens with one attached hydrogen (secondary N) is 2. The first-order chi connectivity index (χ1) is 15.8. The van der Waals surface area contributed by atoms with E-state index in [1.54, 1.807) is 36.4 Å². The minimum atomic E-state index is -4.05. The van der Waals surface area contributed by atoms with Gasteiger partial charge < -0.3 is 14.2 Å². The van der Waals surface area contributed by atoms with Crippen molar-refractivity contribution in [1.29, 1.82) is 0 Å². The summed E-state index contributed by atoms with van der Waals surface area (Å²) in [6.45, 7) is 1.36. The van der Waals surface area contributed by atoms with E-state index < -0.39 is 10.1 Å².